The van der Waals surface area contributed by atoms with Crippen molar-refractivity contribution in [3.8, 4) is 12.1 Å². The minimum Gasteiger partial charge on any atom is -0.321 e. The number of aliphatic imine (C=N–C) groups is 1. The van der Waals surface area contributed by atoms with Crippen LogP contribution >= 0.6 is 27.3 Å². The van der Waals surface area contributed by atoms with Crippen molar-refractivity contribution in [1.29, 1.82) is 10.5 Å². The molecule has 160 valence electrons. The number of halogens is 1. The lowest BCUT2D eigenvalue weighted by Crippen LogP contribution is -2.42. The van der Waals surface area contributed by atoms with Gasteiger partial charge in [-0.1, -0.05) is 46.3 Å². The lowest BCUT2D eigenvalue weighted by Gasteiger charge is -2.32. The number of amides is 2. The van der Waals surface area contributed by atoms with Crippen LogP contribution in [0.5, 0.6) is 0 Å². The molecule has 1 unspecified atom stereocenters. The number of nitrogens with zero attached hydrogens (tertiary/aromatic N) is 4. The normalized spacial score (nSPS) is 18.2. The van der Waals surface area contributed by atoms with Gasteiger partial charge in [-0.2, -0.15) is 10.5 Å². The largest absolute Gasteiger partial charge is 0.321 e. The topological polar surface area (TPSA) is 123 Å². The highest BCUT2D eigenvalue weighted by atomic mass is 79.9. The van der Waals surface area contributed by atoms with Crippen molar-refractivity contribution in [2.45, 2.75) is 12.6 Å². The molecule has 0 radical (unpaired) electrons. The Morgan fingerprint density at radius 1 is 1.03 bits per heavy atom. The second-order valence-corrected chi connectivity index (χ2v) is 9.38. The first kappa shape index (κ1) is 21.2. The van der Waals surface area contributed by atoms with Crippen LogP contribution in [0.3, 0.4) is 0 Å². The van der Waals surface area contributed by atoms with E-state index in [0.717, 1.165) is 4.90 Å². The van der Waals surface area contributed by atoms with E-state index in [2.05, 4.69) is 33.1 Å². The fourth-order valence-corrected chi connectivity index (χ4v) is 5.69. The molecule has 2 aliphatic rings. The molecule has 33 heavy (non-hydrogen) atoms. The number of rotatable bonds is 3. The molecule has 0 fully saturated rings. The number of hydrogen-bond acceptors (Lipinski definition) is 7. The molecule has 0 spiro atoms. The molecule has 0 bridgehead atoms. The van der Waals surface area contributed by atoms with Gasteiger partial charge in [0.05, 0.1) is 41.6 Å². The molecule has 3 heterocycles. The molecule has 0 saturated carbocycles. The predicted molar refractivity (Wildman–Crippen MR) is 126 cm³/mol. The summed E-state index contributed by atoms with van der Waals surface area (Å²) in [6.07, 6.45) is 0. The highest BCUT2D eigenvalue weighted by Gasteiger charge is 2.50. The Hall–Kier alpha value is -3.63. The average Bonchev–Trinajstić information content (AvgIpc) is 3.34. The van der Waals surface area contributed by atoms with Crippen LogP contribution in [0, 0.1) is 28.1 Å². The van der Waals surface area contributed by atoms with Crippen molar-refractivity contribution < 1.29 is 9.59 Å². The maximum absolute atomic E-state index is 12.8. The molecule has 0 saturated heterocycles. The number of imide groups is 1. The summed E-state index contributed by atoms with van der Waals surface area (Å²) in [5, 5.41) is 22.6. The van der Waals surface area contributed by atoms with Crippen molar-refractivity contribution in [3.63, 3.8) is 0 Å². The van der Waals surface area contributed by atoms with Crippen molar-refractivity contribution in [3.05, 3.63) is 86.2 Å². The van der Waals surface area contributed by atoms with E-state index >= 15 is 0 Å². The minimum atomic E-state index is -1.74. The van der Waals surface area contributed by atoms with E-state index in [1.54, 1.807) is 47.8 Å². The van der Waals surface area contributed by atoms with E-state index < -0.39 is 11.5 Å². The van der Waals surface area contributed by atoms with Crippen LogP contribution in [0.25, 0.3) is 0 Å². The summed E-state index contributed by atoms with van der Waals surface area (Å²) >= 11 is 4.77. The number of fused-ring (bicyclic) bond motifs is 2. The van der Waals surface area contributed by atoms with E-state index in [0.29, 0.717) is 37.3 Å². The Labute approximate surface area is 201 Å². The number of nitriles is 2. The Morgan fingerprint density at radius 2 is 1.61 bits per heavy atom. The fourth-order valence-electron chi connectivity index (χ4n) is 4.24. The van der Waals surface area contributed by atoms with E-state index in [-0.39, 0.29) is 24.1 Å². The zero-order valence-electron chi connectivity index (χ0n) is 16.9. The lowest BCUT2D eigenvalue weighted by atomic mass is 9.71. The maximum atomic E-state index is 12.8. The lowest BCUT2D eigenvalue weighted by molar-refractivity contribution is 0.0642. The molecule has 3 aromatic rings. The van der Waals surface area contributed by atoms with E-state index in [1.807, 2.05) is 6.07 Å². The molecule has 1 aromatic heterocycles. The van der Waals surface area contributed by atoms with Crippen LogP contribution in [0.15, 0.2) is 63.4 Å². The van der Waals surface area contributed by atoms with Gasteiger partial charge in [0.15, 0.2) is 0 Å². The highest BCUT2D eigenvalue weighted by Crippen LogP contribution is 2.49. The predicted octanol–water partition coefficient (Wildman–Crippen LogP) is 4.47. The molecule has 1 atom stereocenters. The summed E-state index contributed by atoms with van der Waals surface area (Å²) < 4.78 is 0.692. The molecule has 9 heteroatoms. The molecular weight excluding hydrogens is 502 g/mol. The van der Waals surface area contributed by atoms with Gasteiger partial charge in [-0.15, -0.1) is 11.3 Å². The summed E-state index contributed by atoms with van der Waals surface area (Å²) in [6.45, 7) is -0.0152. The zero-order valence-corrected chi connectivity index (χ0v) is 19.4. The molecule has 2 amide bonds. The molecule has 2 aliphatic heterocycles. The smallest absolute Gasteiger partial charge is 0.261 e. The van der Waals surface area contributed by atoms with Gasteiger partial charge in [-0.05, 0) is 29.1 Å². The molecule has 2 N–H and O–H groups in total. The van der Waals surface area contributed by atoms with E-state index in [9.17, 15) is 20.1 Å². The first-order valence-electron chi connectivity index (χ1n) is 9.90. The molecule has 2 aromatic carbocycles. The van der Waals surface area contributed by atoms with Crippen molar-refractivity contribution in [2.75, 3.05) is 0 Å². The quantitative estimate of drug-likeness (QED) is 0.515. The van der Waals surface area contributed by atoms with Crippen molar-refractivity contribution >= 4 is 49.8 Å². The second kappa shape index (κ2) is 7.75. The average molecular weight is 516 g/mol. The second-order valence-electron chi connectivity index (χ2n) is 7.67. The number of carbonyl (C=O) groups is 2. The summed E-state index contributed by atoms with van der Waals surface area (Å²) in [5.74, 6) is -0.770. The first-order chi connectivity index (χ1) is 15.9. The van der Waals surface area contributed by atoms with Crippen LogP contribution < -0.4 is 5.73 Å². The third kappa shape index (κ3) is 2.98. The first-order valence-corrected chi connectivity index (χ1v) is 11.6. The minimum absolute atomic E-state index is 0.0152. The van der Waals surface area contributed by atoms with Crippen LogP contribution in [-0.2, 0) is 6.54 Å². The van der Waals surface area contributed by atoms with Crippen molar-refractivity contribution in [1.82, 2.24) is 4.90 Å². The van der Waals surface area contributed by atoms with Gasteiger partial charge in [0.25, 0.3) is 11.8 Å². The van der Waals surface area contributed by atoms with Crippen LogP contribution in [0.2, 0.25) is 0 Å². The van der Waals surface area contributed by atoms with Gasteiger partial charge in [-0.3, -0.25) is 14.5 Å². The standard InChI is InChI=1S/C24H14BrN5O2S/c25-17-8-4-3-7-16(17)20-24(11-26,12-27)19(28)18-13(10-33-21(18)29-20)9-30-22(31)14-5-1-2-6-15(14)23(30)32/h1-8,10,19H,9,28H2. The number of carbonyl (C=O) groups excluding carboxylic acids is 2. The van der Waals surface area contributed by atoms with Gasteiger partial charge in [0.2, 0.25) is 5.41 Å². The summed E-state index contributed by atoms with van der Waals surface area (Å²) in [7, 11) is 0. The third-order valence-corrected chi connectivity index (χ3v) is 7.57. The van der Waals surface area contributed by atoms with Crippen LogP contribution in [-0.4, -0.2) is 22.4 Å². The molecular formula is C24H14BrN5O2S. The van der Waals surface area contributed by atoms with Gasteiger partial charge < -0.3 is 5.73 Å². The SMILES string of the molecule is N#CC1(C#N)C(c2ccccc2Br)=Nc2scc(CN3C(=O)c4ccccc4C3=O)c2C1N. The maximum Gasteiger partial charge on any atom is 0.261 e. The number of hydrogen-bond donors (Lipinski definition) is 1. The summed E-state index contributed by atoms with van der Waals surface area (Å²) in [6, 6.07) is 17.0. The Morgan fingerprint density at radius 3 is 2.18 bits per heavy atom. The third-order valence-electron chi connectivity index (χ3n) is 5.94. The summed E-state index contributed by atoms with van der Waals surface area (Å²) in [5.41, 5.74) is 7.53. The fraction of sp³-hybridized carbons (Fsp3) is 0.125. The number of thiophene rings is 1. The Kier molecular flexibility index (Phi) is 4.98. The highest BCUT2D eigenvalue weighted by molar-refractivity contribution is 9.10. The van der Waals surface area contributed by atoms with E-state index in [4.69, 9.17) is 5.73 Å². The van der Waals surface area contributed by atoms with Gasteiger partial charge in [0.1, 0.15) is 5.00 Å². The van der Waals surface area contributed by atoms with Gasteiger partial charge >= 0.3 is 0 Å². The van der Waals surface area contributed by atoms with Gasteiger partial charge in [0, 0.05) is 15.6 Å². The van der Waals surface area contributed by atoms with Crippen molar-refractivity contribution in [2.24, 2.45) is 16.1 Å². The zero-order chi connectivity index (χ0) is 23.3. The Bertz CT molecular complexity index is 1410. The molecule has 7 nitrogen and oxygen atoms in total. The molecule has 0 aliphatic carbocycles. The van der Waals surface area contributed by atoms with Crippen LogP contribution in [0.1, 0.15) is 43.4 Å². The Balaban J connectivity index is 1.61. The molecule has 5 rings (SSSR count). The number of benzene rings is 2. The van der Waals surface area contributed by atoms with E-state index in [1.165, 1.54) is 11.3 Å². The van der Waals surface area contributed by atoms with Crippen LogP contribution in [0.4, 0.5) is 5.00 Å². The van der Waals surface area contributed by atoms with Gasteiger partial charge in [-0.25, -0.2) is 4.99 Å². The summed E-state index contributed by atoms with van der Waals surface area (Å²) in [4.78, 5) is 31.5. The number of nitrogens with two attached hydrogens (primary N) is 1. The monoisotopic (exact) mass is 515 g/mol.